The van der Waals surface area contributed by atoms with Gasteiger partial charge >= 0.3 is 0 Å². The average Bonchev–Trinajstić information content (AvgIpc) is 2.63. The predicted molar refractivity (Wildman–Crippen MR) is 57.2 cm³/mol. The van der Waals surface area contributed by atoms with Crippen molar-refractivity contribution in [2.45, 2.75) is 12.5 Å². The van der Waals surface area contributed by atoms with Gasteiger partial charge in [0.05, 0.1) is 0 Å². The van der Waals surface area contributed by atoms with Gasteiger partial charge in [-0.25, -0.2) is 0 Å². The second kappa shape index (κ2) is 3.42. The first-order valence-electron chi connectivity index (χ1n) is 5.45. The molecule has 1 aliphatic carbocycles. The highest BCUT2D eigenvalue weighted by Crippen LogP contribution is 2.48. The number of carbonyl (C=O) groups is 1. The van der Waals surface area contributed by atoms with E-state index in [4.69, 9.17) is 0 Å². The van der Waals surface area contributed by atoms with E-state index in [1.165, 1.54) is 5.75 Å². The van der Waals surface area contributed by atoms with Crippen LogP contribution in [0.3, 0.4) is 0 Å². The molecule has 2 saturated heterocycles. The lowest BCUT2D eigenvalue weighted by Crippen LogP contribution is -2.37. The minimum atomic E-state index is 0.328. The number of amides is 1. The first-order valence-corrected chi connectivity index (χ1v) is 6.60. The van der Waals surface area contributed by atoms with Gasteiger partial charge in [-0.1, -0.05) is 0 Å². The number of hydrogen-bond donors (Lipinski definition) is 2. The molecule has 3 rings (SSSR count). The van der Waals surface area contributed by atoms with Crippen molar-refractivity contribution >= 4 is 17.7 Å². The molecule has 0 aromatic carbocycles. The van der Waals surface area contributed by atoms with Crippen molar-refractivity contribution < 1.29 is 4.79 Å². The normalized spacial score (nSPS) is 44.9. The Morgan fingerprint density at radius 1 is 1.36 bits per heavy atom. The molecule has 0 aromatic rings. The summed E-state index contributed by atoms with van der Waals surface area (Å²) in [4.78, 5) is 11.8. The van der Waals surface area contributed by atoms with E-state index in [9.17, 15) is 4.79 Å². The van der Waals surface area contributed by atoms with Crippen LogP contribution in [0.25, 0.3) is 0 Å². The minimum Gasteiger partial charge on any atom is -0.352 e. The van der Waals surface area contributed by atoms with Crippen molar-refractivity contribution in [3.63, 3.8) is 0 Å². The maximum Gasteiger partial charge on any atom is 0.224 e. The molecule has 2 N–H and O–H groups in total. The van der Waals surface area contributed by atoms with E-state index in [2.05, 4.69) is 10.6 Å². The highest BCUT2D eigenvalue weighted by atomic mass is 32.2. The third kappa shape index (κ3) is 1.44. The Labute approximate surface area is 88.4 Å². The largest absolute Gasteiger partial charge is 0.352 e. The van der Waals surface area contributed by atoms with E-state index in [0.717, 1.165) is 25.3 Å². The Morgan fingerprint density at radius 2 is 2.14 bits per heavy atom. The lowest BCUT2D eigenvalue weighted by molar-refractivity contribution is -0.123. The molecule has 4 atom stereocenters. The predicted octanol–water partition coefficient (Wildman–Crippen LogP) is 0.0735. The summed E-state index contributed by atoms with van der Waals surface area (Å²) < 4.78 is 0. The molecular weight excluding hydrogens is 196 g/mol. The lowest BCUT2D eigenvalue weighted by atomic mass is 10.2. The average molecular weight is 212 g/mol. The highest BCUT2D eigenvalue weighted by molar-refractivity contribution is 7.99. The van der Waals surface area contributed by atoms with Crippen molar-refractivity contribution in [2.24, 2.45) is 17.8 Å². The number of rotatable bonds is 2. The second-order valence-electron chi connectivity index (χ2n) is 4.58. The molecule has 0 radical (unpaired) electrons. The van der Waals surface area contributed by atoms with Gasteiger partial charge in [0.25, 0.3) is 0 Å². The molecule has 4 heteroatoms. The molecule has 14 heavy (non-hydrogen) atoms. The number of nitrogens with one attached hydrogen (secondary N) is 2. The first kappa shape index (κ1) is 9.04. The van der Waals surface area contributed by atoms with Crippen LogP contribution in [-0.4, -0.2) is 36.5 Å². The van der Waals surface area contributed by atoms with Crippen LogP contribution in [0.2, 0.25) is 0 Å². The van der Waals surface area contributed by atoms with Gasteiger partial charge in [-0.05, 0) is 37.1 Å². The summed E-state index contributed by atoms with van der Waals surface area (Å²) in [5, 5.41) is 6.50. The molecule has 0 spiro atoms. The summed E-state index contributed by atoms with van der Waals surface area (Å²) in [5.41, 5.74) is 0. The summed E-state index contributed by atoms with van der Waals surface area (Å²) in [6.45, 7) is 2.12. The fraction of sp³-hybridized carbons (Fsp3) is 0.900. The van der Waals surface area contributed by atoms with Gasteiger partial charge in [0.15, 0.2) is 0 Å². The van der Waals surface area contributed by atoms with Crippen LogP contribution in [0, 0.1) is 17.8 Å². The van der Waals surface area contributed by atoms with Gasteiger partial charge < -0.3 is 10.6 Å². The molecule has 3 aliphatic rings. The summed E-state index contributed by atoms with van der Waals surface area (Å²) in [6, 6.07) is 0.460. The maximum absolute atomic E-state index is 11.8. The molecule has 2 aliphatic heterocycles. The van der Waals surface area contributed by atoms with E-state index in [1.54, 1.807) is 0 Å². The number of piperidine rings is 1. The smallest absolute Gasteiger partial charge is 0.224 e. The topological polar surface area (TPSA) is 41.1 Å². The van der Waals surface area contributed by atoms with Crippen molar-refractivity contribution in [3.05, 3.63) is 0 Å². The van der Waals surface area contributed by atoms with E-state index >= 15 is 0 Å². The molecule has 1 amide bonds. The third-order valence-corrected chi connectivity index (χ3v) is 4.83. The monoisotopic (exact) mass is 212 g/mol. The summed E-state index contributed by atoms with van der Waals surface area (Å²) in [6.07, 6.45) is 1.16. The van der Waals surface area contributed by atoms with E-state index in [1.807, 2.05) is 11.8 Å². The Morgan fingerprint density at radius 3 is 2.79 bits per heavy atom. The van der Waals surface area contributed by atoms with Gasteiger partial charge in [0, 0.05) is 17.7 Å². The number of hydrogen-bond acceptors (Lipinski definition) is 3. The lowest BCUT2D eigenvalue weighted by Gasteiger charge is -2.12. The summed E-state index contributed by atoms with van der Waals surface area (Å²) >= 11 is 1.95. The number of carbonyl (C=O) groups excluding carboxylic acids is 1. The number of fused-ring (bicyclic) bond motifs is 1. The van der Waals surface area contributed by atoms with Crippen LogP contribution >= 0.6 is 11.8 Å². The maximum atomic E-state index is 11.8. The molecule has 1 saturated carbocycles. The summed E-state index contributed by atoms with van der Waals surface area (Å²) in [7, 11) is 0. The van der Waals surface area contributed by atoms with Crippen LogP contribution in [0.15, 0.2) is 0 Å². The minimum absolute atomic E-state index is 0.328. The van der Waals surface area contributed by atoms with Gasteiger partial charge in [-0.3, -0.25) is 4.79 Å². The standard InChI is InChI=1S/C10H16N2OS/c13-10(12-6-1-2-14-5-6)9-7-3-11-4-8(7)9/h6-9,11H,1-5H2,(H,12,13)/t6?,7-,8+,9?. The molecule has 2 heterocycles. The van der Waals surface area contributed by atoms with Crippen molar-refractivity contribution in [1.82, 2.24) is 10.6 Å². The summed E-state index contributed by atoms with van der Waals surface area (Å²) in [5.74, 6) is 4.32. The zero-order chi connectivity index (χ0) is 9.54. The quantitative estimate of drug-likeness (QED) is 0.681. The van der Waals surface area contributed by atoms with Gasteiger partial charge in [-0.15, -0.1) is 0 Å². The van der Waals surface area contributed by atoms with Crippen LogP contribution in [0.5, 0.6) is 0 Å². The first-order chi connectivity index (χ1) is 6.86. The van der Waals surface area contributed by atoms with Crippen LogP contribution in [-0.2, 0) is 4.79 Å². The molecule has 2 unspecified atom stereocenters. The van der Waals surface area contributed by atoms with Crippen LogP contribution < -0.4 is 10.6 Å². The van der Waals surface area contributed by atoms with Crippen LogP contribution in [0.1, 0.15) is 6.42 Å². The zero-order valence-electron chi connectivity index (χ0n) is 8.16. The molecule has 3 nitrogen and oxygen atoms in total. The molecule has 78 valence electrons. The number of thioether (sulfide) groups is 1. The van der Waals surface area contributed by atoms with Gasteiger partial charge in [-0.2, -0.15) is 11.8 Å². The highest BCUT2D eigenvalue weighted by Gasteiger charge is 2.56. The zero-order valence-corrected chi connectivity index (χ0v) is 8.98. The Bertz CT molecular complexity index is 243. The molecule has 0 bridgehead atoms. The van der Waals surface area contributed by atoms with E-state index < -0.39 is 0 Å². The molecular formula is C10H16N2OS. The Hall–Kier alpha value is -0.220. The Kier molecular flexibility index (Phi) is 2.21. The van der Waals surface area contributed by atoms with Crippen LogP contribution in [0.4, 0.5) is 0 Å². The Balaban J connectivity index is 1.51. The molecule has 3 fully saturated rings. The second-order valence-corrected chi connectivity index (χ2v) is 5.73. The van der Waals surface area contributed by atoms with Crippen molar-refractivity contribution in [2.75, 3.05) is 24.6 Å². The third-order valence-electron chi connectivity index (χ3n) is 3.67. The fourth-order valence-electron chi connectivity index (χ4n) is 2.75. The van der Waals surface area contributed by atoms with Crippen molar-refractivity contribution in [1.29, 1.82) is 0 Å². The van der Waals surface area contributed by atoms with Gasteiger partial charge in [0.1, 0.15) is 0 Å². The van der Waals surface area contributed by atoms with Gasteiger partial charge in [0.2, 0.25) is 5.91 Å². The molecule has 0 aromatic heterocycles. The van der Waals surface area contributed by atoms with E-state index in [0.29, 0.717) is 29.7 Å². The van der Waals surface area contributed by atoms with E-state index in [-0.39, 0.29) is 0 Å². The fourth-order valence-corrected chi connectivity index (χ4v) is 3.91. The van der Waals surface area contributed by atoms with Crippen molar-refractivity contribution in [3.8, 4) is 0 Å². The SMILES string of the molecule is O=C(NC1CCSC1)C1[C@H]2CNC[C@@H]12.